The SMILES string of the molecule is CC(N[C@@H]1C[C@H]1C)c1ccc(=O)[nH]n1. The lowest BCUT2D eigenvalue weighted by atomic mass is 10.2. The van der Waals surface area contributed by atoms with Crippen LogP contribution in [-0.4, -0.2) is 16.2 Å². The van der Waals surface area contributed by atoms with Gasteiger partial charge >= 0.3 is 0 Å². The molecule has 2 rings (SSSR count). The zero-order valence-corrected chi connectivity index (χ0v) is 8.45. The van der Waals surface area contributed by atoms with Gasteiger partial charge in [-0.1, -0.05) is 6.92 Å². The third-order valence-corrected chi connectivity index (χ3v) is 2.72. The molecule has 76 valence electrons. The molecule has 1 aliphatic rings. The monoisotopic (exact) mass is 193 g/mol. The molecule has 0 radical (unpaired) electrons. The van der Waals surface area contributed by atoms with Gasteiger partial charge in [0.2, 0.25) is 0 Å². The summed E-state index contributed by atoms with van der Waals surface area (Å²) in [5.74, 6) is 0.778. The smallest absolute Gasteiger partial charge is 0.264 e. The van der Waals surface area contributed by atoms with E-state index in [2.05, 4.69) is 29.4 Å². The van der Waals surface area contributed by atoms with Crippen LogP contribution in [0, 0.1) is 5.92 Å². The Hall–Kier alpha value is -1.16. The van der Waals surface area contributed by atoms with E-state index in [1.54, 1.807) is 6.07 Å². The van der Waals surface area contributed by atoms with Crippen LogP contribution >= 0.6 is 0 Å². The molecule has 1 aliphatic carbocycles. The van der Waals surface area contributed by atoms with E-state index in [4.69, 9.17) is 0 Å². The van der Waals surface area contributed by atoms with E-state index in [0.29, 0.717) is 6.04 Å². The molecule has 0 spiro atoms. The number of hydrogen-bond acceptors (Lipinski definition) is 3. The Bertz CT molecular complexity index is 353. The van der Waals surface area contributed by atoms with Gasteiger partial charge in [-0.25, -0.2) is 5.10 Å². The zero-order valence-electron chi connectivity index (χ0n) is 8.45. The molecule has 1 unspecified atom stereocenters. The Labute approximate surface area is 82.7 Å². The number of H-pyrrole nitrogens is 1. The maximum Gasteiger partial charge on any atom is 0.264 e. The van der Waals surface area contributed by atoms with Crippen LogP contribution in [0.25, 0.3) is 0 Å². The molecule has 0 aromatic carbocycles. The summed E-state index contributed by atoms with van der Waals surface area (Å²) in [6.07, 6.45) is 1.24. The van der Waals surface area contributed by atoms with Crippen molar-refractivity contribution in [3.63, 3.8) is 0 Å². The van der Waals surface area contributed by atoms with Crippen LogP contribution in [0.1, 0.15) is 32.0 Å². The molecular formula is C10H15N3O. The highest BCUT2D eigenvalue weighted by Gasteiger charge is 2.33. The summed E-state index contributed by atoms with van der Waals surface area (Å²) in [5, 5.41) is 9.88. The summed E-state index contributed by atoms with van der Waals surface area (Å²) in [7, 11) is 0. The predicted octanol–water partition coefficient (Wildman–Crippen LogP) is 0.829. The number of hydrogen-bond donors (Lipinski definition) is 2. The third-order valence-electron chi connectivity index (χ3n) is 2.72. The molecule has 4 nitrogen and oxygen atoms in total. The summed E-state index contributed by atoms with van der Waals surface area (Å²) >= 11 is 0. The molecule has 1 saturated carbocycles. The van der Waals surface area contributed by atoms with Crippen molar-refractivity contribution in [1.82, 2.24) is 15.5 Å². The second-order valence-electron chi connectivity index (χ2n) is 4.05. The Morgan fingerprint density at radius 1 is 1.64 bits per heavy atom. The summed E-state index contributed by atoms with van der Waals surface area (Å²) in [6.45, 7) is 4.29. The minimum Gasteiger partial charge on any atom is -0.306 e. The van der Waals surface area contributed by atoms with E-state index in [9.17, 15) is 4.79 Å². The average molecular weight is 193 g/mol. The van der Waals surface area contributed by atoms with E-state index in [-0.39, 0.29) is 11.6 Å². The van der Waals surface area contributed by atoms with Gasteiger partial charge in [-0.05, 0) is 25.3 Å². The number of nitrogens with one attached hydrogen (secondary N) is 2. The fourth-order valence-electron chi connectivity index (χ4n) is 1.56. The van der Waals surface area contributed by atoms with Gasteiger partial charge in [0.1, 0.15) is 0 Å². The van der Waals surface area contributed by atoms with Gasteiger partial charge in [0.15, 0.2) is 0 Å². The molecule has 1 heterocycles. The molecular weight excluding hydrogens is 178 g/mol. The van der Waals surface area contributed by atoms with Gasteiger partial charge in [0.05, 0.1) is 5.69 Å². The molecule has 1 fully saturated rings. The fourth-order valence-corrected chi connectivity index (χ4v) is 1.56. The molecule has 1 aromatic rings. The molecule has 14 heavy (non-hydrogen) atoms. The van der Waals surface area contributed by atoms with Crippen molar-refractivity contribution in [3.05, 3.63) is 28.2 Å². The minimum atomic E-state index is -0.152. The van der Waals surface area contributed by atoms with Crippen molar-refractivity contribution in [2.45, 2.75) is 32.4 Å². The topological polar surface area (TPSA) is 57.8 Å². The molecule has 0 bridgehead atoms. The summed E-state index contributed by atoms with van der Waals surface area (Å²) in [6, 6.07) is 4.11. The van der Waals surface area contributed by atoms with Crippen molar-refractivity contribution in [2.24, 2.45) is 5.92 Å². The first kappa shape index (κ1) is 9.40. The van der Waals surface area contributed by atoms with Crippen LogP contribution in [-0.2, 0) is 0 Å². The lowest BCUT2D eigenvalue weighted by Gasteiger charge is -2.11. The maximum absolute atomic E-state index is 10.8. The van der Waals surface area contributed by atoms with Crippen molar-refractivity contribution in [3.8, 4) is 0 Å². The lowest BCUT2D eigenvalue weighted by molar-refractivity contribution is 0.534. The molecule has 3 atom stereocenters. The molecule has 4 heteroatoms. The Morgan fingerprint density at radius 2 is 2.36 bits per heavy atom. The summed E-state index contributed by atoms with van der Waals surface area (Å²) in [4.78, 5) is 10.8. The number of aromatic nitrogens is 2. The number of nitrogens with zero attached hydrogens (tertiary/aromatic N) is 1. The van der Waals surface area contributed by atoms with Crippen LogP contribution in [0.4, 0.5) is 0 Å². The zero-order chi connectivity index (χ0) is 10.1. The highest BCUT2D eigenvalue weighted by atomic mass is 16.1. The van der Waals surface area contributed by atoms with Crippen LogP contribution in [0.2, 0.25) is 0 Å². The van der Waals surface area contributed by atoms with Crippen LogP contribution in [0.15, 0.2) is 16.9 Å². The normalized spacial score (nSPS) is 27.3. The first-order chi connectivity index (χ1) is 6.66. The van der Waals surface area contributed by atoms with Gasteiger partial charge in [0.25, 0.3) is 5.56 Å². The third kappa shape index (κ3) is 2.01. The van der Waals surface area contributed by atoms with Gasteiger partial charge < -0.3 is 5.32 Å². The minimum absolute atomic E-state index is 0.152. The predicted molar refractivity (Wildman–Crippen MR) is 54.0 cm³/mol. The molecule has 0 aliphatic heterocycles. The van der Waals surface area contributed by atoms with Crippen molar-refractivity contribution in [2.75, 3.05) is 0 Å². The van der Waals surface area contributed by atoms with Crippen LogP contribution in [0.3, 0.4) is 0 Å². The largest absolute Gasteiger partial charge is 0.306 e. The number of aromatic amines is 1. The Morgan fingerprint density at radius 3 is 2.86 bits per heavy atom. The van der Waals surface area contributed by atoms with Crippen molar-refractivity contribution in [1.29, 1.82) is 0 Å². The van der Waals surface area contributed by atoms with E-state index >= 15 is 0 Å². The standard InChI is InChI=1S/C10H15N3O/c1-6-5-9(6)11-7(2)8-3-4-10(14)13-12-8/h3-4,6-7,9,11H,5H2,1-2H3,(H,13,14)/t6-,7?,9-/m1/s1. The summed E-state index contributed by atoms with van der Waals surface area (Å²) < 4.78 is 0. The lowest BCUT2D eigenvalue weighted by Crippen LogP contribution is -2.24. The average Bonchev–Trinajstić information content (AvgIpc) is 2.82. The van der Waals surface area contributed by atoms with Gasteiger partial charge in [0, 0.05) is 18.2 Å². The highest BCUT2D eigenvalue weighted by molar-refractivity contribution is 5.06. The Balaban J connectivity index is 2.00. The second-order valence-corrected chi connectivity index (χ2v) is 4.05. The molecule has 1 aromatic heterocycles. The van der Waals surface area contributed by atoms with Gasteiger partial charge in [-0.3, -0.25) is 4.79 Å². The van der Waals surface area contributed by atoms with Crippen molar-refractivity contribution >= 4 is 0 Å². The van der Waals surface area contributed by atoms with E-state index in [0.717, 1.165) is 11.6 Å². The molecule has 2 N–H and O–H groups in total. The number of rotatable bonds is 3. The second kappa shape index (κ2) is 3.53. The van der Waals surface area contributed by atoms with Gasteiger partial charge in [-0.2, -0.15) is 5.10 Å². The Kier molecular flexibility index (Phi) is 2.37. The molecule has 0 amide bonds. The highest BCUT2D eigenvalue weighted by Crippen LogP contribution is 2.31. The van der Waals surface area contributed by atoms with E-state index < -0.39 is 0 Å². The fraction of sp³-hybridized carbons (Fsp3) is 0.600. The van der Waals surface area contributed by atoms with Crippen molar-refractivity contribution < 1.29 is 0 Å². The summed E-state index contributed by atoms with van der Waals surface area (Å²) in [5.41, 5.74) is 0.740. The molecule has 0 saturated heterocycles. The quantitative estimate of drug-likeness (QED) is 0.747. The van der Waals surface area contributed by atoms with Crippen LogP contribution < -0.4 is 10.9 Å². The van der Waals surface area contributed by atoms with E-state index in [1.807, 2.05) is 0 Å². The first-order valence-corrected chi connectivity index (χ1v) is 4.98. The first-order valence-electron chi connectivity index (χ1n) is 4.98. The van der Waals surface area contributed by atoms with Gasteiger partial charge in [-0.15, -0.1) is 0 Å². The maximum atomic E-state index is 10.8. The van der Waals surface area contributed by atoms with Crippen LogP contribution in [0.5, 0.6) is 0 Å². The van der Waals surface area contributed by atoms with E-state index in [1.165, 1.54) is 12.5 Å².